The van der Waals surface area contributed by atoms with Gasteiger partial charge in [0.2, 0.25) is 0 Å². The molecule has 0 radical (unpaired) electrons. The van der Waals surface area contributed by atoms with E-state index in [9.17, 15) is 24.5 Å². The first-order valence-electron chi connectivity index (χ1n) is 11.6. The number of nitro benzene ring substituents is 1. The number of non-ortho nitro benzene ring substituents is 1. The molecule has 0 aliphatic carbocycles. The van der Waals surface area contributed by atoms with Crippen LogP contribution < -0.4 is 5.32 Å². The number of rotatable bonds is 9. The quantitative estimate of drug-likeness (QED) is 0.197. The van der Waals surface area contributed by atoms with Crippen LogP contribution in [0.1, 0.15) is 32.8 Å². The van der Waals surface area contributed by atoms with Crippen molar-refractivity contribution in [1.29, 1.82) is 0 Å². The van der Waals surface area contributed by atoms with Crippen LogP contribution in [0.3, 0.4) is 0 Å². The van der Waals surface area contributed by atoms with Crippen molar-refractivity contribution in [2.24, 2.45) is 0 Å². The standard InChI is InChI=1S/C28H23N3O7/c1-37-28(34)26-23(30-22-10-6-5-9-21(22)25(26)18-7-3-2-4-8-18)17-38-24(32)15-16-29-27(33)19-11-13-20(14-12-19)31(35)36/h2-14H,15-17H2,1H3,(H,29,33). The molecule has 0 bridgehead atoms. The highest BCUT2D eigenvalue weighted by atomic mass is 16.6. The zero-order valence-corrected chi connectivity index (χ0v) is 20.4. The number of hydrogen-bond acceptors (Lipinski definition) is 8. The Kier molecular flexibility index (Phi) is 8.02. The van der Waals surface area contributed by atoms with E-state index in [0.717, 1.165) is 10.9 Å². The molecule has 10 nitrogen and oxygen atoms in total. The topological polar surface area (TPSA) is 138 Å². The van der Waals surface area contributed by atoms with E-state index >= 15 is 0 Å². The fourth-order valence-corrected chi connectivity index (χ4v) is 3.93. The maximum absolute atomic E-state index is 12.9. The van der Waals surface area contributed by atoms with Gasteiger partial charge in [-0.2, -0.15) is 0 Å². The van der Waals surface area contributed by atoms with Crippen LogP contribution >= 0.6 is 0 Å². The van der Waals surface area contributed by atoms with Gasteiger partial charge in [0.05, 0.1) is 35.2 Å². The SMILES string of the molecule is COC(=O)c1c(COC(=O)CCNC(=O)c2ccc([N+](=O)[O-])cc2)nc2ccccc2c1-c1ccccc1. The van der Waals surface area contributed by atoms with Gasteiger partial charge in [0, 0.05) is 35.2 Å². The van der Waals surface area contributed by atoms with Crippen molar-refractivity contribution in [3.05, 3.63) is 106 Å². The lowest BCUT2D eigenvalue weighted by atomic mass is 9.94. The zero-order valence-electron chi connectivity index (χ0n) is 20.4. The van der Waals surface area contributed by atoms with Crippen LogP contribution in [-0.2, 0) is 20.9 Å². The smallest absolute Gasteiger partial charge is 0.340 e. The maximum atomic E-state index is 12.9. The average Bonchev–Trinajstić information content (AvgIpc) is 2.95. The van der Waals surface area contributed by atoms with E-state index in [-0.39, 0.29) is 42.1 Å². The maximum Gasteiger partial charge on any atom is 0.340 e. The minimum absolute atomic E-state index is 0.0150. The molecule has 1 N–H and O–H groups in total. The minimum Gasteiger partial charge on any atom is -0.465 e. The van der Waals surface area contributed by atoms with Crippen LogP contribution in [0.5, 0.6) is 0 Å². The van der Waals surface area contributed by atoms with E-state index in [1.807, 2.05) is 54.6 Å². The monoisotopic (exact) mass is 513 g/mol. The van der Waals surface area contributed by atoms with Gasteiger partial charge in [-0.1, -0.05) is 48.5 Å². The lowest BCUT2D eigenvalue weighted by molar-refractivity contribution is -0.384. The first kappa shape index (κ1) is 26.0. The number of hydrogen-bond donors (Lipinski definition) is 1. The van der Waals surface area contributed by atoms with Crippen LogP contribution in [0.2, 0.25) is 0 Å². The summed E-state index contributed by atoms with van der Waals surface area (Å²) in [5.74, 6) is -1.70. The lowest BCUT2D eigenvalue weighted by Gasteiger charge is -2.16. The van der Waals surface area contributed by atoms with Crippen molar-refractivity contribution in [1.82, 2.24) is 10.3 Å². The lowest BCUT2D eigenvalue weighted by Crippen LogP contribution is -2.26. The Morgan fingerprint density at radius 3 is 2.32 bits per heavy atom. The first-order valence-corrected chi connectivity index (χ1v) is 11.6. The second-order valence-electron chi connectivity index (χ2n) is 8.15. The summed E-state index contributed by atoms with van der Waals surface area (Å²) >= 11 is 0. The van der Waals surface area contributed by atoms with Gasteiger partial charge in [0.1, 0.15) is 6.61 Å². The number of pyridine rings is 1. The number of benzene rings is 3. The summed E-state index contributed by atoms with van der Waals surface area (Å²) in [6.07, 6.45) is -0.134. The molecule has 0 aliphatic heterocycles. The van der Waals surface area contributed by atoms with E-state index in [1.165, 1.54) is 31.4 Å². The first-order chi connectivity index (χ1) is 18.4. The van der Waals surface area contributed by atoms with E-state index in [1.54, 1.807) is 0 Å². The Morgan fingerprint density at radius 1 is 0.947 bits per heavy atom. The highest BCUT2D eigenvalue weighted by molar-refractivity contribution is 6.07. The molecule has 1 aromatic heterocycles. The van der Waals surface area contributed by atoms with Gasteiger partial charge in [0.15, 0.2) is 0 Å². The van der Waals surface area contributed by atoms with E-state index < -0.39 is 22.8 Å². The second-order valence-corrected chi connectivity index (χ2v) is 8.15. The molecule has 192 valence electrons. The summed E-state index contributed by atoms with van der Waals surface area (Å²) in [5.41, 5.74) is 2.59. The van der Waals surface area contributed by atoms with E-state index in [4.69, 9.17) is 9.47 Å². The number of nitrogens with zero attached hydrogens (tertiary/aromatic N) is 2. The Bertz CT molecular complexity index is 1500. The molecule has 38 heavy (non-hydrogen) atoms. The molecule has 0 spiro atoms. The van der Waals surface area contributed by atoms with Crippen molar-refractivity contribution < 1.29 is 28.8 Å². The molecule has 10 heteroatoms. The van der Waals surface area contributed by atoms with Crippen molar-refractivity contribution in [3.8, 4) is 11.1 Å². The largest absolute Gasteiger partial charge is 0.465 e. The summed E-state index contributed by atoms with van der Waals surface area (Å²) in [5, 5.41) is 14.1. The molecule has 1 heterocycles. The molecule has 0 atom stereocenters. The molecular formula is C28H23N3O7. The molecule has 0 unspecified atom stereocenters. The highest BCUT2D eigenvalue weighted by Gasteiger charge is 2.24. The van der Waals surface area contributed by atoms with Gasteiger partial charge in [-0.15, -0.1) is 0 Å². The third kappa shape index (κ3) is 5.81. The molecular weight excluding hydrogens is 490 g/mol. The summed E-state index contributed by atoms with van der Waals surface area (Å²) in [6.45, 7) is -0.289. The van der Waals surface area contributed by atoms with Crippen LogP contribution in [-0.4, -0.2) is 41.4 Å². The highest BCUT2D eigenvalue weighted by Crippen LogP contribution is 2.34. The molecule has 0 fully saturated rings. The number of aromatic nitrogens is 1. The average molecular weight is 514 g/mol. The summed E-state index contributed by atoms with van der Waals surface area (Å²) in [7, 11) is 1.27. The van der Waals surface area contributed by atoms with Crippen molar-refractivity contribution in [2.45, 2.75) is 13.0 Å². The zero-order chi connectivity index (χ0) is 27.1. The number of ether oxygens (including phenoxy) is 2. The Labute approximate surface area is 217 Å². The summed E-state index contributed by atoms with van der Waals surface area (Å²) < 4.78 is 10.4. The number of carbonyl (C=O) groups is 3. The number of esters is 2. The number of fused-ring (bicyclic) bond motifs is 1. The molecule has 4 rings (SSSR count). The molecule has 3 aromatic carbocycles. The van der Waals surface area contributed by atoms with Gasteiger partial charge in [-0.3, -0.25) is 19.7 Å². The Balaban J connectivity index is 1.48. The molecule has 0 saturated heterocycles. The Hall–Kier alpha value is -5.12. The van der Waals surface area contributed by atoms with Gasteiger partial charge in [-0.25, -0.2) is 9.78 Å². The number of nitrogens with one attached hydrogen (secondary N) is 1. The van der Waals surface area contributed by atoms with Crippen LogP contribution in [0.25, 0.3) is 22.0 Å². The van der Waals surface area contributed by atoms with Gasteiger partial charge in [0.25, 0.3) is 11.6 Å². The van der Waals surface area contributed by atoms with Gasteiger partial charge < -0.3 is 14.8 Å². The number of amides is 1. The normalized spacial score (nSPS) is 10.6. The fraction of sp³-hybridized carbons (Fsp3) is 0.143. The third-order valence-corrected chi connectivity index (χ3v) is 5.74. The molecule has 4 aromatic rings. The number of para-hydroxylation sites is 1. The van der Waals surface area contributed by atoms with Crippen LogP contribution in [0, 0.1) is 10.1 Å². The number of carbonyl (C=O) groups excluding carboxylic acids is 3. The van der Waals surface area contributed by atoms with Crippen molar-refractivity contribution in [3.63, 3.8) is 0 Å². The Morgan fingerprint density at radius 2 is 1.63 bits per heavy atom. The molecule has 0 saturated carbocycles. The van der Waals surface area contributed by atoms with Crippen LogP contribution in [0.15, 0.2) is 78.9 Å². The predicted molar refractivity (Wildman–Crippen MR) is 138 cm³/mol. The second kappa shape index (κ2) is 11.7. The third-order valence-electron chi connectivity index (χ3n) is 5.74. The van der Waals surface area contributed by atoms with Gasteiger partial charge >= 0.3 is 11.9 Å². The van der Waals surface area contributed by atoms with Gasteiger partial charge in [-0.05, 0) is 23.8 Å². The summed E-state index contributed by atoms with van der Waals surface area (Å²) in [4.78, 5) is 52.3. The minimum atomic E-state index is -0.610. The number of nitro groups is 1. The van der Waals surface area contributed by atoms with Crippen molar-refractivity contribution in [2.75, 3.05) is 13.7 Å². The number of methoxy groups -OCH3 is 1. The summed E-state index contributed by atoms with van der Waals surface area (Å²) in [6, 6.07) is 21.8. The van der Waals surface area contributed by atoms with Crippen LogP contribution in [0.4, 0.5) is 5.69 Å². The fourth-order valence-electron chi connectivity index (χ4n) is 3.93. The predicted octanol–water partition coefficient (Wildman–Crippen LogP) is 4.46. The molecule has 0 aliphatic rings. The molecule has 1 amide bonds. The van der Waals surface area contributed by atoms with E-state index in [0.29, 0.717) is 11.1 Å². The van der Waals surface area contributed by atoms with E-state index in [2.05, 4.69) is 10.3 Å². The van der Waals surface area contributed by atoms with Crippen molar-refractivity contribution >= 4 is 34.4 Å².